The normalized spacial score (nSPS) is 15.8. The van der Waals surface area contributed by atoms with Crippen LogP contribution < -0.4 is 5.32 Å². The molecule has 1 aliphatic heterocycles. The predicted molar refractivity (Wildman–Crippen MR) is 102 cm³/mol. The molecule has 1 fully saturated rings. The number of piperazine rings is 1. The number of hydrogen-bond acceptors (Lipinski definition) is 4. The maximum absolute atomic E-state index is 11.8. The second-order valence-corrected chi connectivity index (χ2v) is 7.68. The van der Waals surface area contributed by atoms with Crippen LogP contribution in [0.25, 0.3) is 0 Å². The number of amides is 2. The van der Waals surface area contributed by atoms with E-state index in [9.17, 15) is 9.59 Å². The number of benzene rings is 1. The summed E-state index contributed by atoms with van der Waals surface area (Å²) in [7, 11) is 0. The van der Waals surface area contributed by atoms with Crippen molar-refractivity contribution in [3.8, 4) is 0 Å². The summed E-state index contributed by atoms with van der Waals surface area (Å²) in [5.74, 6) is 0.150. The highest BCUT2D eigenvalue weighted by Crippen LogP contribution is 2.15. The third-order valence-corrected chi connectivity index (χ3v) is 4.32. The van der Waals surface area contributed by atoms with Crippen molar-refractivity contribution < 1.29 is 14.3 Å². The zero-order chi connectivity index (χ0) is 18.4. The van der Waals surface area contributed by atoms with Gasteiger partial charge in [0.25, 0.3) is 0 Å². The van der Waals surface area contributed by atoms with Gasteiger partial charge in [-0.25, -0.2) is 4.79 Å². The summed E-state index contributed by atoms with van der Waals surface area (Å²) < 4.78 is 5.24. The SMILES string of the molecule is CC(C)(C)OC(=O)Nc1ccc(CN2CCN(C(=O)CBr)CC2)cc1. The van der Waals surface area contributed by atoms with Crippen LogP contribution in [0.5, 0.6) is 0 Å². The van der Waals surface area contributed by atoms with Crippen molar-refractivity contribution in [1.82, 2.24) is 9.80 Å². The molecule has 0 spiro atoms. The molecule has 1 N–H and O–H groups in total. The number of rotatable bonds is 4. The van der Waals surface area contributed by atoms with Gasteiger partial charge in [0.15, 0.2) is 0 Å². The Bertz CT molecular complexity index is 591. The molecule has 0 unspecified atom stereocenters. The van der Waals surface area contributed by atoms with Crippen LogP contribution in [-0.4, -0.2) is 58.9 Å². The molecule has 0 radical (unpaired) electrons. The lowest BCUT2D eigenvalue weighted by Crippen LogP contribution is -2.48. The fourth-order valence-corrected chi connectivity index (χ4v) is 2.97. The van der Waals surface area contributed by atoms with Crippen LogP contribution in [-0.2, 0) is 16.1 Å². The highest BCUT2D eigenvalue weighted by atomic mass is 79.9. The first-order chi connectivity index (χ1) is 11.8. The summed E-state index contributed by atoms with van der Waals surface area (Å²) in [6.07, 6.45) is -0.451. The van der Waals surface area contributed by atoms with Gasteiger partial charge >= 0.3 is 6.09 Å². The maximum atomic E-state index is 11.8. The molecule has 138 valence electrons. The van der Waals surface area contributed by atoms with Crippen molar-refractivity contribution in [2.24, 2.45) is 0 Å². The lowest BCUT2D eigenvalue weighted by Gasteiger charge is -2.34. The van der Waals surface area contributed by atoms with Crippen molar-refractivity contribution in [3.63, 3.8) is 0 Å². The molecular weight excluding hydrogens is 386 g/mol. The minimum atomic E-state index is -0.512. The standard InChI is InChI=1S/C18H26BrN3O3/c1-18(2,3)25-17(24)20-15-6-4-14(5-7-15)13-21-8-10-22(11-9-21)16(23)12-19/h4-7H,8-13H2,1-3H3,(H,20,24). The number of nitrogens with zero attached hydrogens (tertiary/aromatic N) is 2. The summed E-state index contributed by atoms with van der Waals surface area (Å²) >= 11 is 3.22. The predicted octanol–water partition coefficient (Wildman–Crippen LogP) is 3.07. The molecule has 0 saturated carbocycles. The third-order valence-electron chi connectivity index (χ3n) is 3.84. The molecule has 0 atom stereocenters. The zero-order valence-corrected chi connectivity index (χ0v) is 16.6. The molecule has 0 aliphatic carbocycles. The largest absolute Gasteiger partial charge is 0.444 e. The van der Waals surface area contributed by atoms with Gasteiger partial charge in [0.05, 0.1) is 5.33 Å². The summed E-state index contributed by atoms with van der Waals surface area (Å²) in [6, 6.07) is 7.76. The molecule has 1 aliphatic rings. The summed E-state index contributed by atoms with van der Waals surface area (Å²) in [6.45, 7) is 9.62. The van der Waals surface area contributed by atoms with Crippen molar-refractivity contribution in [2.75, 3.05) is 36.8 Å². The van der Waals surface area contributed by atoms with Crippen LogP contribution in [0.2, 0.25) is 0 Å². The van der Waals surface area contributed by atoms with Crippen LogP contribution in [0.1, 0.15) is 26.3 Å². The molecule has 1 aromatic carbocycles. The van der Waals surface area contributed by atoms with E-state index in [4.69, 9.17) is 4.74 Å². The van der Waals surface area contributed by atoms with Gasteiger partial charge in [-0.1, -0.05) is 28.1 Å². The van der Waals surface area contributed by atoms with Crippen molar-refractivity contribution >= 4 is 33.6 Å². The zero-order valence-electron chi connectivity index (χ0n) is 15.0. The molecule has 6 nitrogen and oxygen atoms in total. The summed E-state index contributed by atoms with van der Waals surface area (Å²) in [4.78, 5) is 27.6. The van der Waals surface area contributed by atoms with Crippen molar-refractivity contribution in [2.45, 2.75) is 32.9 Å². The summed E-state index contributed by atoms with van der Waals surface area (Å²) in [5.41, 5.74) is 1.38. The highest BCUT2D eigenvalue weighted by molar-refractivity contribution is 9.09. The number of anilines is 1. The number of carbonyl (C=O) groups is 2. The van der Waals surface area contributed by atoms with Crippen LogP contribution in [0.4, 0.5) is 10.5 Å². The van der Waals surface area contributed by atoms with E-state index >= 15 is 0 Å². The van der Waals surface area contributed by atoms with E-state index < -0.39 is 11.7 Å². The van der Waals surface area contributed by atoms with Gasteiger partial charge in [0.1, 0.15) is 5.60 Å². The Kier molecular flexibility index (Phi) is 6.84. The van der Waals surface area contributed by atoms with Gasteiger partial charge in [0.2, 0.25) is 5.91 Å². The van der Waals surface area contributed by atoms with E-state index in [1.165, 1.54) is 5.56 Å². The lowest BCUT2D eigenvalue weighted by atomic mass is 10.1. The van der Waals surface area contributed by atoms with Gasteiger partial charge in [-0.05, 0) is 38.5 Å². The number of carbonyl (C=O) groups excluding carboxylic acids is 2. The van der Waals surface area contributed by atoms with E-state index in [0.29, 0.717) is 11.0 Å². The second kappa shape index (κ2) is 8.67. The second-order valence-electron chi connectivity index (χ2n) is 7.11. The van der Waals surface area contributed by atoms with E-state index in [1.54, 1.807) is 0 Å². The Morgan fingerprint density at radius 2 is 1.72 bits per heavy atom. The van der Waals surface area contributed by atoms with Crippen LogP contribution in [0.3, 0.4) is 0 Å². The highest BCUT2D eigenvalue weighted by Gasteiger charge is 2.20. The topological polar surface area (TPSA) is 61.9 Å². The Morgan fingerprint density at radius 3 is 2.24 bits per heavy atom. The maximum Gasteiger partial charge on any atom is 0.412 e. The first kappa shape index (κ1) is 19.7. The number of halogens is 1. The Morgan fingerprint density at radius 1 is 1.12 bits per heavy atom. The average molecular weight is 412 g/mol. The third kappa shape index (κ3) is 6.66. The van der Waals surface area contributed by atoms with Crippen LogP contribution in [0, 0.1) is 0 Å². The van der Waals surface area contributed by atoms with Crippen molar-refractivity contribution in [1.29, 1.82) is 0 Å². The van der Waals surface area contributed by atoms with Gasteiger partial charge in [0, 0.05) is 38.4 Å². The summed E-state index contributed by atoms with van der Waals surface area (Å²) in [5, 5.41) is 3.12. The van der Waals surface area contributed by atoms with E-state index in [1.807, 2.05) is 49.9 Å². The average Bonchev–Trinajstić information content (AvgIpc) is 2.55. The van der Waals surface area contributed by atoms with Gasteiger partial charge in [-0.2, -0.15) is 0 Å². The Balaban J connectivity index is 1.81. The van der Waals surface area contributed by atoms with Crippen LogP contribution >= 0.6 is 15.9 Å². The number of nitrogens with one attached hydrogen (secondary N) is 1. The lowest BCUT2D eigenvalue weighted by molar-refractivity contribution is -0.130. The molecule has 2 rings (SSSR count). The number of alkyl halides is 1. The molecule has 1 heterocycles. The smallest absolute Gasteiger partial charge is 0.412 e. The molecule has 2 amide bonds. The molecule has 0 bridgehead atoms. The van der Waals surface area contributed by atoms with Gasteiger partial charge in [-0.15, -0.1) is 0 Å². The molecule has 1 aromatic rings. The number of hydrogen-bond donors (Lipinski definition) is 1. The van der Waals surface area contributed by atoms with Gasteiger partial charge < -0.3 is 9.64 Å². The minimum Gasteiger partial charge on any atom is -0.444 e. The van der Waals surface area contributed by atoms with Gasteiger partial charge in [-0.3, -0.25) is 15.0 Å². The monoisotopic (exact) mass is 411 g/mol. The van der Waals surface area contributed by atoms with E-state index in [0.717, 1.165) is 32.7 Å². The van der Waals surface area contributed by atoms with E-state index in [2.05, 4.69) is 26.1 Å². The molecule has 25 heavy (non-hydrogen) atoms. The Hall–Kier alpha value is -1.60. The van der Waals surface area contributed by atoms with E-state index in [-0.39, 0.29) is 5.91 Å². The fourth-order valence-electron chi connectivity index (χ4n) is 2.61. The molecule has 0 aromatic heterocycles. The first-order valence-electron chi connectivity index (χ1n) is 8.42. The number of ether oxygens (including phenoxy) is 1. The first-order valence-corrected chi connectivity index (χ1v) is 9.54. The fraction of sp³-hybridized carbons (Fsp3) is 0.556. The Labute approximate surface area is 157 Å². The van der Waals surface area contributed by atoms with Crippen molar-refractivity contribution in [3.05, 3.63) is 29.8 Å². The molecular formula is C18H26BrN3O3. The quantitative estimate of drug-likeness (QED) is 0.773. The minimum absolute atomic E-state index is 0.150. The molecule has 7 heteroatoms. The molecule has 1 saturated heterocycles. The van der Waals surface area contributed by atoms with Crippen LogP contribution in [0.15, 0.2) is 24.3 Å².